The minimum absolute atomic E-state index is 0.766. The van der Waals surface area contributed by atoms with Crippen molar-refractivity contribution < 1.29 is 4.74 Å². The summed E-state index contributed by atoms with van der Waals surface area (Å²) < 4.78 is 5.05. The van der Waals surface area contributed by atoms with Crippen LogP contribution in [0.2, 0.25) is 0 Å². The molecule has 0 radical (unpaired) electrons. The second kappa shape index (κ2) is 2.77. The zero-order valence-corrected chi connectivity index (χ0v) is 6.79. The Labute approximate surface area is 71.1 Å². The molecule has 2 heterocycles. The molecular formula is C9H10N2O. The molecule has 0 aromatic carbocycles. The molecule has 0 aromatic rings. The van der Waals surface area contributed by atoms with Crippen LogP contribution in [0.4, 0.5) is 0 Å². The Morgan fingerprint density at radius 1 is 1.17 bits per heavy atom. The van der Waals surface area contributed by atoms with Crippen LogP contribution in [0.3, 0.4) is 0 Å². The molecule has 2 N–H and O–H groups in total. The van der Waals surface area contributed by atoms with Gasteiger partial charge in [-0.25, -0.2) is 0 Å². The van der Waals surface area contributed by atoms with E-state index in [0.717, 1.165) is 17.3 Å². The van der Waals surface area contributed by atoms with Crippen molar-refractivity contribution in [2.45, 2.75) is 0 Å². The summed E-state index contributed by atoms with van der Waals surface area (Å²) in [6, 6.07) is 0. The number of ether oxygens (including phenoxy) is 1. The molecule has 3 nitrogen and oxygen atoms in total. The van der Waals surface area contributed by atoms with Crippen molar-refractivity contribution in [3.8, 4) is 0 Å². The average molecular weight is 162 g/mol. The van der Waals surface area contributed by atoms with E-state index in [4.69, 9.17) is 4.74 Å². The van der Waals surface area contributed by atoms with Crippen molar-refractivity contribution in [2.24, 2.45) is 0 Å². The Kier molecular flexibility index (Phi) is 1.63. The van der Waals surface area contributed by atoms with E-state index in [0.29, 0.717) is 0 Å². The molecule has 0 saturated heterocycles. The number of hydrogen-bond donors (Lipinski definition) is 2. The first-order valence-corrected chi connectivity index (χ1v) is 3.77. The largest absolute Gasteiger partial charge is 0.482 e. The third-order valence-corrected chi connectivity index (χ3v) is 1.77. The van der Waals surface area contributed by atoms with Crippen LogP contribution < -0.4 is 10.6 Å². The number of rotatable bonds is 1. The lowest BCUT2D eigenvalue weighted by Gasteiger charge is -2.21. The monoisotopic (exact) mass is 162 g/mol. The Morgan fingerprint density at radius 2 is 2.08 bits per heavy atom. The minimum Gasteiger partial charge on any atom is -0.482 e. The lowest BCUT2D eigenvalue weighted by molar-refractivity contribution is 0.268. The lowest BCUT2D eigenvalue weighted by atomic mass is 10.2. The van der Waals surface area contributed by atoms with Gasteiger partial charge >= 0.3 is 0 Å². The van der Waals surface area contributed by atoms with Gasteiger partial charge in [-0.2, -0.15) is 0 Å². The molecule has 2 rings (SSSR count). The summed E-state index contributed by atoms with van der Waals surface area (Å²) in [5, 5.41) is 6.24. The topological polar surface area (TPSA) is 33.3 Å². The highest BCUT2D eigenvalue weighted by Crippen LogP contribution is 2.14. The molecule has 0 spiro atoms. The SMILES string of the molecule is COC1=CC=C2NC=CC=C2N1. The predicted molar refractivity (Wildman–Crippen MR) is 46.7 cm³/mol. The van der Waals surface area contributed by atoms with Gasteiger partial charge < -0.3 is 15.4 Å². The van der Waals surface area contributed by atoms with Crippen LogP contribution in [0.1, 0.15) is 0 Å². The van der Waals surface area contributed by atoms with Gasteiger partial charge in [0.1, 0.15) is 0 Å². The van der Waals surface area contributed by atoms with E-state index in [9.17, 15) is 0 Å². The lowest BCUT2D eigenvalue weighted by Crippen LogP contribution is -2.25. The van der Waals surface area contributed by atoms with Crippen LogP contribution in [0.25, 0.3) is 0 Å². The van der Waals surface area contributed by atoms with E-state index in [1.807, 2.05) is 30.5 Å². The van der Waals surface area contributed by atoms with Crippen LogP contribution in [0.15, 0.2) is 47.8 Å². The minimum atomic E-state index is 0.766. The van der Waals surface area contributed by atoms with Crippen molar-refractivity contribution >= 4 is 0 Å². The van der Waals surface area contributed by atoms with Crippen LogP contribution in [-0.2, 0) is 4.74 Å². The zero-order chi connectivity index (χ0) is 8.39. The fourth-order valence-corrected chi connectivity index (χ4v) is 1.15. The molecule has 0 atom stereocenters. The Hall–Kier alpha value is -1.64. The summed E-state index contributed by atoms with van der Waals surface area (Å²) in [7, 11) is 1.64. The van der Waals surface area contributed by atoms with Crippen LogP contribution in [0.5, 0.6) is 0 Å². The van der Waals surface area contributed by atoms with E-state index >= 15 is 0 Å². The van der Waals surface area contributed by atoms with Gasteiger partial charge in [0.15, 0.2) is 5.88 Å². The molecule has 0 amide bonds. The van der Waals surface area contributed by atoms with Crippen molar-refractivity contribution in [3.05, 3.63) is 47.8 Å². The van der Waals surface area contributed by atoms with Crippen molar-refractivity contribution in [1.82, 2.24) is 10.6 Å². The summed E-state index contributed by atoms with van der Waals surface area (Å²) in [5.74, 6) is 0.766. The van der Waals surface area contributed by atoms with E-state index in [1.54, 1.807) is 7.11 Å². The molecule has 62 valence electrons. The van der Waals surface area contributed by atoms with Crippen molar-refractivity contribution in [3.63, 3.8) is 0 Å². The summed E-state index contributed by atoms with van der Waals surface area (Å²) in [5.41, 5.74) is 2.11. The first-order valence-electron chi connectivity index (χ1n) is 3.77. The maximum atomic E-state index is 5.05. The fraction of sp³-hybridized carbons (Fsp3) is 0.111. The van der Waals surface area contributed by atoms with E-state index in [1.165, 1.54) is 0 Å². The smallest absolute Gasteiger partial charge is 0.190 e. The van der Waals surface area contributed by atoms with Crippen molar-refractivity contribution in [1.29, 1.82) is 0 Å². The van der Waals surface area contributed by atoms with Crippen molar-refractivity contribution in [2.75, 3.05) is 7.11 Å². The fourth-order valence-electron chi connectivity index (χ4n) is 1.15. The molecule has 2 aliphatic rings. The molecular weight excluding hydrogens is 152 g/mol. The first-order chi connectivity index (χ1) is 5.90. The Bertz CT molecular complexity index is 310. The number of hydrogen-bond acceptors (Lipinski definition) is 3. The summed E-state index contributed by atoms with van der Waals surface area (Å²) >= 11 is 0. The molecule has 0 saturated carbocycles. The number of nitrogens with one attached hydrogen (secondary N) is 2. The maximum Gasteiger partial charge on any atom is 0.190 e. The molecule has 0 aliphatic carbocycles. The maximum absolute atomic E-state index is 5.05. The third kappa shape index (κ3) is 1.09. The average Bonchev–Trinajstić information content (AvgIpc) is 2.17. The highest BCUT2D eigenvalue weighted by atomic mass is 16.5. The van der Waals surface area contributed by atoms with Gasteiger partial charge in [-0.15, -0.1) is 0 Å². The zero-order valence-electron chi connectivity index (χ0n) is 6.79. The quantitative estimate of drug-likeness (QED) is 0.602. The molecule has 0 fully saturated rings. The second-order valence-electron chi connectivity index (χ2n) is 2.52. The highest BCUT2D eigenvalue weighted by molar-refractivity contribution is 5.42. The van der Waals surface area contributed by atoms with E-state index < -0.39 is 0 Å². The first kappa shape index (κ1) is 7.03. The van der Waals surface area contributed by atoms with Gasteiger partial charge in [0, 0.05) is 12.3 Å². The molecule has 0 bridgehead atoms. The van der Waals surface area contributed by atoms with Gasteiger partial charge in [-0.05, 0) is 18.2 Å². The van der Waals surface area contributed by atoms with Crippen LogP contribution >= 0.6 is 0 Å². The molecule has 2 aliphatic heterocycles. The summed E-state index contributed by atoms with van der Waals surface area (Å²) in [4.78, 5) is 0. The normalized spacial score (nSPS) is 19.2. The van der Waals surface area contributed by atoms with Gasteiger partial charge in [0.25, 0.3) is 0 Å². The molecule has 12 heavy (non-hydrogen) atoms. The molecule has 3 heteroatoms. The van der Waals surface area contributed by atoms with E-state index in [2.05, 4.69) is 10.6 Å². The molecule has 0 unspecified atom stereocenters. The van der Waals surface area contributed by atoms with Gasteiger partial charge in [0.05, 0.1) is 18.5 Å². The highest BCUT2D eigenvalue weighted by Gasteiger charge is 2.11. The Morgan fingerprint density at radius 3 is 2.92 bits per heavy atom. The van der Waals surface area contributed by atoms with Crippen LogP contribution in [0, 0.1) is 0 Å². The van der Waals surface area contributed by atoms with Gasteiger partial charge in [-0.1, -0.05) is 0 Å². The number of dihydropyridines is 2. The number of allylic oxidation sites excluding steroid dienone is 4. The third-order valence-electron chi connectivity index (χ3n) is 1.77. The number of methoxy groups -OCH3 is 1. The standard InChI is InChI=1S/C9H10N2O/c1-12-9-5-4-7-8(11-9)3-2-6-10-7/h2-6,10-11H,1H3. The molecule has 0 aromatic heterocycles. The second-order valence-corrected chi connectivity index (χ2v) is 2.52. The van der Waals surface area contributed by atoms with Gasteiger partial charge in [-0.3, -0.25) is 0 Å². The van der Waals surface area contributed by atoms with Crippen LogP contribution in [-0.4, -0.2) is 7.11 Å². The summed E-state index contributed by atoms with van der Waals surface area (Å²) in [6.45, 7) is 0. The van der Waals surface area contributed by atoms with E-state index in [-0.39, 0.29) is 0 Å². The Balaban J connectivity index is 2.28. The predicted octanol–water partition coefficient (Wildman–Crippen LogP) is 0.962. The van der Waals surface area contributed by atoms with Gasteiger partial charge in [0.2, 0.25) is 0 Å². The summed E-state index contributed by atoms with van der Waals surface area (Å²) in [6.07, 6.45) is 9.69. The number of fused-ring (bicyclic) bond motifs is 1.